The molecule has 14 heteroatoms. The molecule has 254 valence electrons. The summed E-state index contributed by atoms with van der Waals surface area (Å²) in [4.78, 5) is 57.1. The number of nitrogens with one attached hydrogen (secondary N) is 4. The Morgan fingerprint density at radius 1 is 1.09 bits per heavy atom. The lowest BCUT2D eigenvalue weighted by atomic mass is 9.83. The van der Waals surface area contributed by atoms with Crippen molar-refractivity contribution < 1.29 is 23.6 Å². The number of piperazine rings is 1. The Morgan fingerprint density at radius 2 is 1.79 bits per heavy atom. The summed E-state index contributed by atoms with van der Waals surface area (Å²) in [6, 6.07) is 3.91. The minimum atomic E-state index is -1.07. The van der Waals surface area contributed by atoms with Crippen LogP contribution in [-0.2, 0) is 20.9 Å². The minimum Gasteiger partial charge on any atom is -0.404 e. The van der Waals surface area contributed by atoms with E-state index in [0.717, 1.165) is 44.5 Å². The van der Waals surface area contributed by atoms with Crippen LogP contribution in [0.4, 0.5) is 10.1 Å². The van der Waals surface area contributed by atoms with Gasteiger partial charge >= 0.3 is 0 Å². The van der Waals surface area contributed by atoms with Crippen LogP contribution in [0.25, 0.3) is 0 Å². The van der Waals surface area contributed by atoms with Crippen molar-refractivity contribution in [2.45, 2.75) is 70.5 Å². The number of carbonyl (C=O) groups is 4. The summed E-state index contributed by atoms with van der Waals surface area (Å²) in [6.45, 7) is 6.34. The molecule has 4 rings (SSSR count). The van der Waals surface area contributed by atoms with Gasteiger partial charge in [-0.15, -0.1) is 0 Å². The van der Waals surface area contributed by atoms with Gasteiger partial charge in [0.25, 0.3) is 11.8 Å². The first-order chi connectivity index (χ1) is 22.6. The van der Waals surface area contributed by atoms with Crippen molar-refractivity contribution in [1.29, 1.82) is 5.41 Å². The second kappa shape index (κ2) is 16.3. The summed E-state index contributed by atoms with van der Waals surface area (Å²) in [7, 11) is 1.96. The summed E-state index contributed by atoms with van der Waals surface area (Å²) in [5.74, 6) is -3.46. The van der Waals surface area contributed by atoms with E-state index in [1.54, 1.807) is 28.6 Å². The summed E-state index contributed by atoms with van der Waals surface area (Å²) < 4.78 is 17.2. The molecule has 1 aromatic heterocycles. The molecule has 0 spiro atoms. The van der Waals surface area contributed by atoms with Crippen molar-refractivity contribution in [2.24, 2.45) is 11.7 Å². The lowest BCUT2D eigenvalue weighted by Gasteiger charge is -2.36. The molecule has 0 unspecified atom stereocenters. The lowest BCUT2D eigenvalue weighted by molar-refractivity contribution is -0.137. The van der Waals surface area contributed by atoms with Gasteiger partial charge in [0.1, 0.15) is 23.6 Å². The lowest BCUT2D eigenvalue weighted by Crippen LogP contribution is -2.56. The highest BCUT2D eigenvalue weighted by molar-refractivity contribution is 6.12. The van der Waals surface area contributed by atoms with Crippen LogP contribution in [0, 0.1) is 17.1 Å². The molecule has 13 nitrogen and oxygen atoms in total. The molecule has 2 fully saturated rings. The Balaban J connectivity index is 1.54. The van der Waals surface area contributed by atoms with E-state index in [0.29, 0.717) is 44.0 Å². The van der Waals surface area contributed by atoms with Gasteiger partial charge in [0.2, 0.25) is 11.8 Å². The zero-order valence-corrected chi connectivity index (χ0v) is 27.3. The molecule has 47 heavy (non-hydrogen) atoms. The van der Waals surface area contributed by atoms with Gasteiger partial charge in [0.05, 0.1) is 11.3 Å². The number of benzene rings is 1. The molecule has 2 heterocycles. The predicted octanol–water partition coefficient (Wildman–Crippen LogP) is 2.21. The molecule has 2 aliphatic rings. The Kier molecular flexibility index (Phi) is 12.2. The topological polar surface area (TPSA) is 179 Å². The third-order valence-electron chi connectivity index (χ3n) is 9.18. The van der Waals surface area contributed by atoms with Crippen molar-refractivity contribution in [2.75, 3.05) is 38.5 Å². The maximum Gasteiger partial charge on any atom is 0.270 e. The number of aromatic nitrogens is 2. The van der Waals surface area contributed by atoms with Gasteiger partial charge in [0.15, 0.2) is 0 Å². The average molecular weight is 652 g/mol. The van der Waals surface area contributed by atoms with Gasteiger partial charge in [-0.05, 0) is 56.5 Å². The van der Waals surface area contributed by atoms with E-state index in [-0.39, 0.29) is 23.1 Å². The van der Waals surface area contributed by atoms with Crippen LogP contribution in [0.2, 0.25) is 0 Å². The molecule has 6 N–H and O–H groups in total. The van der Waals surface area contributed by atoms with Gasteiger partial charge < -0.3 is 36.9 Å². The average Bonchev–Trinajstić information content (AvgIpc) is 3.57. The molecule has 1 aliphatic heterocycles. The molecule has 1 saturated heterocycles. The molecule has 0 radical (unpaired) electrons. The number of hydrogen-bond acceptors (Lipinski definition) is 8. The van der Waals surface area contributed by atoms with E-state index in [4.69, 9.17) is 11.1 Å². The first kappa shape index (κ1) is 35.3. The number of aryl methyl sites for hydroxylation is 1. The fourth-order valence-electron chi connectivity index (χ4n) is 6.21. The Labute approximate surface area is 274 Å². The number of anilines is 1. The van der Waals surface area contributed by atoms with Crippen molar-refractivity contribution >= 4 is 35.5 Å². The molecule has 1 saturated carbocycles. The first-order valence-corrected chi connectivity index (χ1v) is 16.2. The van der Waals surface area contributed by atoms with Gasteiger partial charge in [-0.2, -0.15) is 5.10 Å². The van der Waals surface area contributed by atoms with E-state index in [1.807, 2.05) is 14.0 Å². The maximum absolute atomic E-state index is 15.7. The van der Waals surface area contributed by atoms with E-state index in [2.05, 4.69) is 25.9 Å². The molecule has 0 bridgehead atoms. The molecule has 2 aromatic rings. The summed E-state index contributed by atoms with van der Waals surface area (Å²) >= 11 is 0. The number of hydrogen-bond donors (Lipinski definition) is 5. The monoisotopic (exact) mass is 651 g/mol. The van der Waals surface area contributed by atoms with Crippen molar-refractivity contribution in [1.82, 2.24) is 30.2 Å². The molecular weight excluding hydrogens is 605 g/mol. The predicted molar refractivity (Wildman–Crippen MR) is 176 cm³/mol. The zero-order chi connectivity index (χ0) is 34.1. The van der Waals surface area contributed by atoms with Crippen LogP contribution in [0.5, 0.6) is 0 Å². The van der Waals surface area contributed by atoms with Crippen LogP contribution < -0.4 is 21.7 Å². The number of amides is 4. The second-order valence-corrected chi connectivity index (χ2v) is 12.2. The van der Waals surface area contributed by atoms with Gasteiger partial charge in [-0.1, -0.05) is 32.3 Å². The van der Waals surface area contributed by atoms with E-state index < -0.39 is 41.5 Å². The van der Waals surface area contributed by atoms with Gasteiger partial charge in [-0.3, -0.25) is 23.9 Å². The molecule has 3 atom stereocenters. The third kappa shape index (κ3) is 8.61. The molecule has 1 aliphatic carbocycles. The highest BCUT2D eigenvalue weighted by Crippen LogP contribution is 2.29. The van der Waals surface area contributed by atoms with Crippen LogP contribution in [0.15, 0.2) is 42.2 Å². The van der Waals surface area contributed by atoms with Crippen LogP contribution in [-0.4, -0.2) is 94.7 Å². The fraction of sp³-hybridized carbons (Fsp3) is 0.515. The number of nitrogens with zero attached hydrogens (tertiary/aromatic N) is 4. The van der Waals surface area contributed by atoms with Crippen molar-refractivity contribution in [3.05, 3.63) is 59.3 Å². The fourth-order valence-corrected chi connectivity index (χ4v) is 6.21. The minimum absolute atomic E-state index is 0.0669. The molecular formula is C33H46FN9O4. The van der Waals surface area contributed by atoms with Crippen LogP contribution >= 0.6 is 0 Å². The van der Waals surface area contributed by atoms with Gasteiger partial charge in [0, 0.05) is 57.3 Å². The van der Waals surface area contributed by atoms with E-state index in [1.165, 1.54) is 18.3 Å². The summed E-state index contributed by atoms with van der Waals surface area (Å²) in [5, 5.41) is 19.9. The normalized spacial score (nSPS) is 18.1. The number of rotatable bonds is 12. The summed E-state index contributed by atoms with van der Waals surface area (Å²) in [6.07, 6.45) is 7.77. The highest BCUT2D eigenvalue weighted by atomic mass is 19.1. The van der Waals surface area contributed by atoms with Gasteiger partial charge in [-0.25, -0.2) is 4.39 Å². The maximum atomic E-state index is 15.7. The second-order valence-electron chi connectivity index (χ2n) is 12.2. The highest BCUT2D eigenvalue weighted by Gasteiger charge is 2.35. The molecule has 4 amide bonds. The standard InChI is InChI=1S/C33H46FN9O4/c1-4-43-27(12-13-37-43)31(45)40-29(22-8-6-5-7-9-22)32(46)38-26-11-10-23(18-25(26)34)21(2)28(39-30(44)24(19-35)20-36)33(47)42-16-14-41(3)15-17-42/h10-13,18-22,28-29,35H,4-9,14-17,36H2,1-3H3,(H,38,46)(H,39,44)(H,40,45)/b24-20+,35-19?/t21-,28+,29-/m0/s1. The largest absolute Gasteiger partial charge is 0.404 e. The smallest absolute Gasteiger partial charge is 0.270 e. The van der Waals surface area contributed by atoms with Crippen LogP contribution in [0.3, 0.4) is 0 Å². The van der Waals surface area contributed by atoms with Crippen molar-refractivity contribution in [3.63, 3.8) is 0 Å². The Morgan fingerprint density at radius 3 is 2.40 bits per heavy atom. The number of halogens is 1. The Hall–Kier alpha value is -4.59. The zero-order valence-electron chi connectivity index (χ0n) is 27.3. The summed E-state index contributed by atoms with van der Waals surface area (Å²) in [5.41, 5.74) is 6.09. The van der Waals surface area contributed by atoms with E-state index >= 15 is 4.39 Å². The Bertz CT molecular complexity index is 1480. The number of carbonyl (C=O) groups excluding carboxylic acids is 4. The molecule has 1 aromatic carbocycles. The number of likely N-dealkylation sites (N-methyl/N-ethyl adjacent to an activating group) is 1. The third-order valence-corrected chi connectivity index (χ3v) is 9.18. The van der Waals surface area contributed by atoms with Crippen LogP contribution in [0.1, 0.15) is 67.9 Å². The number of nitrogens with two attached hydrogens (primary N) is 1. The SMILES string of the molecule is CCn1nccc1C(=O)N[C@H](C(=O)Nc1ccc([C@H](C)[C@@H](NC(=O)/C(C=N)=C/N)C(=O)N2CCN(C)CC2)cc1F)C1CCCCC1. The first-order valence-electron chi connectivity index (χ1n) is 16.2. The van der Waals surface area contributed by atoms with E-state index in [9.17, 15) is 19.2 Å². The van der Waals surface area contributed by atoms with Crippen molar-refractivity contribution in [3.8, 4) is 0 Å². The quantitative estimate of drug-likeness (QED) is 0.173.